The van der Waals surface area contributed by atoms with Crippen LogP contribution in [0.2, 0.25) is 0 Å². The highest BCUT2D eigenvalue weighted by Crippen LogP contribution is 2.25. The Labute approximate surface area is 97.8 Å². The number of hydrogen-bond acceptors (Lipinski definition) is 3. The van der Waals surface area contributed by atoms with Crippen molar-refractivity contribution >= 4 is 5.97 Å². The highest BCUT2D eigenvalue weighted by molar-refractivity contribution is 5.73. The van der Waals surface area contributed by atoms with Gasteiger partial charge in [-0.1, -0.05) is 32.1 Å². The minimum atomic E-state index is -0.785. The van der Waals surface area contributed by atoms with Crippen molar-refractivity contribution in [3.8, 4) is 0 Å². The average molecular weight is 228 g/mol. The van der Waals surface area contributed by atoms with Crippen LogP contribution in [-0.4, -0.2) is 37.3 Å². The Bertz CT molecular complexity index is 203. The van der Waals surface area contributed by atoms with Crippen LogP contribution >= 0.6 is 0 Å². The molecule has 1 aliphatic rings. The molecule has 1 saturated carbocycles. The van der Waals surface area contributed by atoms with E-state index in [1.165, 1.54) is 38.5 Å². The molecule has 0 aliphatic heterocycles. The molecule has 1 atom stereocenters. The van der Waals surface area contributed by atoms with E-state index in [0.29, 0.717) is 6.54 Å². The van der Waals surface area contributed by atoms with Crippen LogP contribution in [0.15, 0.2) is 0 Å². The number of rotatable bonds is 7. The molecule has 1 fully saturated rings. The number of hydrogen-bond donors (Lipinski definition) is 3. The first-order chi connectivity index (χ1) is 7.74. The standard InChI is InChI=1S/C12H24N2O2/c1-13-11(12(15)16)9-14-8-7-10-5-3-2-4-6-10/h10-11,13-14H,2-9H2,1H3,(H,15,16). The van der Waals surface area contributed by atoms with Gasteiger partial charge in [-0.3, -0.25) is 4.79 Å². The third-order valence-electron chi connectivity index (χ3n) is 3.45. The highest BCUT2D eigenvalue weighted by atomic mass is 16.4. The third kappa shape index (κ3) is 4.94. The third-order valence-corrected chi connectivity index (χ3v) is 3.45. The second-order valence-corrected chi connectivity index (χ2v) is 4.68. The summed E-state index contributed by atoms with van der Waals surface area (Å²) in [5, 5.41) is 14.8. The van der Waals surface area contributed by atoms with Gasteiger partial charge in [-0.15, -0.1) is 0 Å². The second-order valence-electron chi connectivity index (χ2n) is 4.68. The highest BCUT2D eigenvalue weighted by Gasteiger charge is 2.15. The fraction of sp³-hybridized carbons (Fsp3) is 0.917. The van der Waals surface area contributed by atoms with E-state index in [4.69, 9.17) is 5.11 Å². The first-order valence-electron chi connectivity index (χ1n) is 6.35. The summed E-state index contributed by atoms with van der Waals surface area (Å²) < 4.78 is 0. The molecule has 0 heterocycles. The molecule has 0 amide bonds. The maximum absolute atomic E-state index is 10.7. The Balaban J connectivity index is 2.03. The lowest BCUT2D eigenvalue weighted by Gasteiger charge is -2.21. The number of nitrogens with one attached hydrogen (secondary N) is 2. The first-order valence-corrected chi connectivity index (χ1v) is 6.35. The molecule has 0 saturated heterocycles. The van der Waals surface area contributed by atoms with Gasteiger partial charge in [-0.2, -0.15) is 0 Å². The molecule has 0 aromatic carbocycles. The van der Waals surface area contributed by atoms with Gasteiger partial charge in [0.25, 0.3) is 0 Å². The van der Waals surface area contributed by atoms with E-state index in [2.05, 4.69) is 10.6 Å². The SMILES string of the molecule is CNC(CNCCC1CCCCC1)C(=O)O. The van der Waals surface area contributed by atoms with Crippen molar-refractivity contribution in [2.75, 3.05) is 20.1 Å². The van der Waals surface area contributed by atoms with Crippen molar-refractivity contribution in [1.29, 1.82) is 0 Å². The summed E-state index contributed by atoms with van der Waals surface area (Å²) in [5.74, 6) is 0.0757. The zero-order valence-corrected chi connectivity index (χ0v) is 10.2. The lowest BCUT2D eigenvalue weighted by Crippen LogP contribution is -2.43. The summed E-state index contributed by atoms with van der Waals surface area (Å²) >= 11 is 0. The van der Waals surface area contributed by atoms with Crippen molar-refractivity contribution in [2.45, 2.75) is 44.6 Å². The summed E-state index contributed by atoms with van der Waals surface area (Å²) in [5.41, 5.74) is 0. The molecule has 1 unspecified atom stereocenters. The monoisotopic (exact) mass is 228 g/mol. The van der Waals surface area contributed by atoms with E-state index in [1.807, 2.05) is 0 Å². The first kappa shape index (κ1) is 13.5. The van der Waals surface area contributed by atoms with E-state index < -0.39 is 12.0 Å². The maximum Gasteiger partial charge on any atom is 0.322 e. The Kier molecular flexibility index (Phi) is 6.42. The molecule has 1 rings (SSSR count). The lowest BCUT2D eigenvalue weighted by atomic mass is 9.87. The summed E-state index contributed by atoms with van der Waals surface area (Å²) in [6.45, 7) is 1.45. The molecule has 0 aromatic heterocycles. The predicted octanol–water partition coefficient (Wildman–Crippen LogP) is 1.22. The largest absolute Gasteiger partial charge is 0.480 e. The molecule has 0 radical (unpaired) electrons. The van der Waals surface area contributed by atoms with Crippen molar-refractivity contribution < 1.29 is 9.90 Å². The molecule has 3 N–H and O–H groups in total. The van der Waals surface area contributed by atoms with E-state index in [0.717, 1.165) is 12.5 Å². The summed E-state index contributed by atoms with van der Waals surface area (Å²) in [4.78, 5) is 10.7. The molecule has 4 heteroatoms. The lowest BCUT2D eigenvalue weighted by molar-refractivity contribution is -0.139. The summed E-state index contributed by atoms with van der Waals surface area (Å²) in [6.07, 6.45) is 8.05. The molecule has 0 aromatic rings. The van der Waals surface area contributed by atoms with Crippen LogP contribution in [0, 0.1) is 5.92 Å². The molecular weight excluding hydrogens is 204 g/mol. The van der Waals surface area contributed by atoms with E-state index in [1.54, 1.807) is 7.05 Å². The van der Waals surface area contributed by atoms with Gasteiger partial charge in [0.1, 0.15) is 6.04 Å². The average Bonchev–Trinajstić information content (AvgIpc) is 2.30. The number of carboxylic acid groups (broad SMARTS) is 1. The zero-order chi connectivity index (χ0) is 11.8. The Morgan fingerprint density at radius 1 is 1.38 bits per heavy atom. The van der Waals surface area contributed by atoms with Crippen LogP contribution in [0.1, 0.15) is 38.5 Å². The van der Waals surface area contributed by atoms with Gasteiger partial charge in [-0.25, -0.2) is 0 Å². The van der Waals surface area contributed by atoms with Gasteiger partial charge in [0.15, 0.2) is 0 Å². The molecule has 94 valence electrons. The second kappa shape index (κ2) is 7.63. The van der Waals surface area contributed by atoms with Crippen molar-refractivity contribution in [2.24, 2.45) is 5.92 Å². The van der Waals surface area contributed by atoms with Gasteiger partial charge in [0.05, 0.1) is 0 Å². The van der Waals surface area contributed by atoms with Crippen LogP contribution in [0.25, 0.3) is 0 Å². The molecule has 4 nitrogen and oxygen atoms in total. The quantitative estimate of drug-likeness (QED) is 0.573. The van der Waals surface area contributed by atoms with Crippen molar-refractivity contribution in [3.63, 3.8) is 0 Å². The minimum absolute atomic E-state index is 0.466. The van der Waals surface area contributed by atoms with Gasteiger partial charge in [-0.05, 0) is 25.9 Å². The molecule has 0 bridgehead atoms. The van der Waals surface area contributed by atoms with Crippen LogP contribution in [0.5, 0.6) is 0 Å². The van der Waals surface area contributed by atoms with Crippen LogP contribution < -0.4 is 10.6 Å². The fourth-order valence-corrected chi connectivity index (χ4v) is 2.34. The van der Waals surface area contributed by atoms with E-state index in [-0.39, 0.29) is 0 Å². The molecule has 0 spiro atoms. The Hall–Kier alpha value is -0.610. The van der Waals surface area contributed by atoms with Crippen LogP contribution in [-0.2, 0) is 4.79 Å². The predicted molar refractivity (Wildman–Crippen MR) is 64.5 cm³/mol. The number of carbonyl (C=O) groups is 1. The van der Waals surface area contributed by atoms with E-state index in [9.17, 15) is 4.79 Å². The maximum atomic E-state index is 10.7. The Morgan fingerprint density at radius 3 is 2.62 bits per heavy atom. The van der Waals surface area contributed by atoms with Gasteiger partial charge in [0, 0.05) is 6.54 Å². The number of carboxylic acids is 1. The van der Waals surface area contributed by atoms with E-state index >= 15 is 0 Å². The minimum Gasteiger partial charge on any atom is -0.480 e. The number of likely N-dealkylation sites (N-methyl/N-ethyl adjacent to an activating group) is 1. The van der Waals surface area contributed by atoms with Crippen LogP contribution in [0.4, 0.5) is 0 Å². The van der Waals surface area contributed by atoms with Gasteiger partial charge >= 0.3 is 5.97 Å². The van der Waals surface area contributed by atoms with Crippen molar-refractivity contribution in [1.82, 2.24) is 10.6 Å². The molecule has 16 heavy (non-hydrogen) atoms. The zero-order valence-electron chi connectivity index (χ0n) is 10.2. The molecule has 1 aliphatic carbocycles. The van der Waals surface area contributed by atoms with Gasteiger partial charge in [0.2, 0.25) is 0 Å². The molecular formula is C12H24N2O2. The van der Waals surface area contributed by atoms with Crippen molar-refractivity contribution in [3.05, 3.63) is 0 Å². The smallest absolute Gasteiger partial charge is 0.322 e. The normalized spacial score (nSPS) is 19.6. The van der Waals surface area contributed by atoms with Crippen LogP contribution in [0.3, 0.4) is 0 Å². The summed E-state index contributed by atoms with van der Waals surface area (Å²) in [7, 11) is 1.68. The fourth-order valence-electron chi connectivity index (χ4n) is 2.34. The summed E-state index contributed by atoms with van der Waals surface area (Å²) in [6, 6.07) is -0.466. The number of aliphatic carboxylic acids is 1. The van der Waals surface area contributed by atoms with Gasteiger partial charge < -0.3 is 15.7 Å². The Morgan fingerprint density at radius 2 is 2.06 bits per heavy atom. The topological polar surface area (TPSA) is 61.4 Å².